The molecular formula is C21H22FN3O2. The summed E-state index contributed by atoms with van der Waals surface area (Å²) in [6.45, 7) is 1.74. The topological polar surface area (TPSA) is 56.1 Å². The first-order valence-corrected chi connectivity index (χ1v) is 9.32. The van der Waals surface area contributed by atoms with Crippen LogP contribution in [0.2, 0.25) is 0 Å². The molecule has 27 heavy (non-hydrogen) atoms. The van der Waals surface area contributed by atoms with Crippen molar-refractivity contribution in [2.45, 2.75) is 31.7 Å². The van der Waals surface area contributed by atoms with Gasteiger partial charge in [-0.3, -0.25) is 4.79 Å². The molecule has 2 aliphatic rings. The van der Waals surface area contributed by atoms with Gasteiger partial charge in [-0.05, 0) is 43.5 Å². The van der Waals surface area contributed by atoms with Gasteiger partial charge in [-0.25, -0.2) is 9.38 Å². The zero-order valence-electron chi connectivity index (χ0n) is 15.0. The first kappa shape index (κ1) is 17.5. The second-order valence-electron chi connectivity index (χ2n) is 6.98. The van der Waals surface area contributed by atoms with Gasteiger partial charge in [0.25, 0.3) is 0 Å². The molecule has 5 nitrogen and oxygen atoms in total. The van der Waals surface area contributed by atoms with Crippen molar-refractivity contribution in [2.75, 3.05) is 18.0 Å². The number of guanidine groups is 1. The van der Waals surface area contributed by atoms with Gasteiger partial charge in [0.05, 0.1) is 18.2 Å². The van der Waals surface area contributed by atoms with Crippen LogP contribution in [0.25, 0.3) is 0 Å². The van der Waals surface area contributed by atoms with Crippen LogP contribution in [-0.4, -0.2) is 35.0 Å². The van der Waals surface area contributed by atoms with Crippen molar-refractivity contribution in [3.63, 3.8) is 0 Å². The highest BCUT2D eigenvalue weighted by molar-refractivity contribution is 6.01. The van der Waals surface area contributed by atoms with E-state index in [1.165, 1.54) is 18.6 Å². The number of carbonyl (C=O) groups is 1. The highest BCUT2D eigenvalue weighted by Gasteiger charge is 2.35. The van der Waals surface area contributed by atoms with Crippen LogP contribution in [0.1, 0.15) is 37.3 Å². The summed E-state index contributed by atoms with van der Waals surface area (Å²) in [5.74, 6) is -0.528. The number of piperidine rings is 1. The smallest absolute Gasteiger partial charge is 0.305 e. The Morgan fingerprint density at radius 2 is 1.89 bits per heavy atom. The monoisotopic (exact) mass is 367 g/mol. The van der Waals surface area contributed by atoms with Gasteiger partial charge in [0.15, 0.2) is 0 Å². The van der Waals surface area contributed by atoms with Gasteiger partial charge in [-0.1, -0.05) is 24.3 Å². The maximum atomic E-state index is 14.0. The molecule has 2 aromatic rings. The third kappa shape index (κ3) is 3.52. The maximum absolute atomic E-state index is 14.0. The minimum Gasteiger partial charge on any atom is -0.481 e. The first-order valence-electron chi connectivity index (χ1n) is 9.32. The number of rotatable bonds is 3. The second-order valence-corrected chi connectivity index (χ2v) is 6.98. The van der Waals surface area contributed by atoms with E-state index in [4.69, 9.17) is 4.99 Å². The Labute approximate surface area is 157 Å². The van der Waals surface area contributed by atoms with E-state index in [0.29, 0.717) is 11.6 Å². The Kier molecular flexibility index (Phi) is 4.79. The Bertz CT molecular complexity index is 877. The van der Waals surface area contributed by atoms with E-state index >= 15 is 0 Å². The van der Waals surface area contributed by atoms with Crippen molar-refractivity contribution in [1.29, 1.82) is 0 Å². The molecule has 1 N–H and O–H groups in total. The molecule has 2 aromatic carbocycles. The molecule has 1 fully saturated rings. The molecule has 0 aliphatic carbocycles. The van der Waals surface area contributed by atoms with Gasteiger partial charge in [0, 0.05) is 24.3 Å². The molecule has 0 saturated carbocycles. The van der Waals surface area contributed by atoms with Crippen LogP contribution in [0.4, 0.5) is 15.8 Å². The Hall–Kier alpha value is -2.89. The average molecular weight is 367 g/mol. The van der Waals surface area contributed by atoms with Crippen molar-refractivity contribution < 1.29 is 14.3 Å². The summed E-state index contributed by atoms with van der Waals surface area (Å²) >= 11 is 0. The number of likely N-dealkylation sites (tertiary alicyclic amines) is 1. The summed E-state index contributed by atoms with van der Waals surface area (Å²) < 4.78 is 14.0. The van der Waals surface area contributed by atoms with E-state index in [0.717, 1.165) is 37.2 Å². The lowest BCUT2D eigenvalue weighted by molar-refractivity contribution is -0.137. The fraction of sp³-hybridized carbons (Fsp3) is 0.333. The Morgan fingerprint density at radius 1 is 1.11 bits per heavy atom. The third-order valence-corrected chi connectivity index (χ3v) is 5.14. The molecule has 1 atom stereocenters. The minimum atomic E-state index is -0.892. The predicted molar refractivity (Wildman–Crippen MR) is 103 cm³/mol. The summed E-state index contributed by atoms with van der Waals surface area (Å²) in [7, 11) is 0. The fourth-order valence-corrected chi connectivity index (χ4v) is 3.92. The molecule has 2 heterocycles. The van der Waals surface area contributed by atoms with Crippen LogP contribution >= 0.6 is 0 Å². The molecule has 140 valence electrons. The van der Waals surface area contributed by atoms with E-state index in [1.54, 1.807) is 6.07 Å². The van der Waals surface area contributed by atoms with Gasteiger partial charge < -0.3 is 14.9 Å². The number of nitrogens with zero attached hydrogens (tertiary/aromatic N) is 3. The summed E-state index contributed by atoms with van der Waals surface area (Å²) in [6.07, 6.45) is 3.24. The first-order chi connectivity index (χ1) is 13.1. The number of halogens is 1. The van der Waals surface area contributed by atoms with E-state index in [-0.39, 0.29) is 12.2 Å². The number of hydrogen-bond acceptors (Lipinski definition) is 4. The largest absolute Gasteiger partial charge is 0.481 e. The van der Waals surface area contributed by atoms with E-state index in [2.05, 4.69) is 4.90 Å². The van der Waals surface area contributed by atoms with Crippen LogP contribution in [0.15, 0.2) is 53.5 Å². The summed E-state index contributed by atoms with van der Waals surface area (Å²) in [5, 5.41) is 9.55. The molecule has 6 heteroatoms. The number of hydrogen-bond donors (Lipinski definition) is 1. The predicted octanol–water partition coefficient (Wildman–Crippen LogP) is 4.34. The van der Waals surface area contributed by atoms with Gasteiger partial charge in [-0.2, -0.15) is 0 Å². The zero-order valence-corrected chi connectivity index (χ0v) is 15.0. The average Bonchev–Trinajstić information content (AvgIpc) is 2.68. The van der Waals surface area contributed by atoms with Gasteiger partial charge in [0.1, 0.15) is 5.82 Å². The molecular weight excluding hydrogens is 345 g/mol. The SMILES string of the molecule is O=C(O)CC1c2ccccc2N=C(N2CCCCC2)N1c1cccc(F)c1. The molecule has 0 aromatic heterocycles. The number of carboxylic acid groups (broad SMARTS) is 1. The van der Waals surface area contributed by atoms with Crippen molar-refractivity contribution in [3.8, 4) is 0 Å². The lowest BCUT2D eigenvalue weighted by atomic mass is 9.97. The summed E-state index contributed by atoms with van der Waals surface area (Å²) in [5.41, 5.74) is 2.27. The molecule has 1 saturated heterocycles. The lowest BCUT2D eigenvalue weighted by Gasteiger charge is -2.43. The highest BCUT2D eigenvalue weighted by Crippen LogP contribution is 2.40. The normalized spacial score (nSPS) is 19.4. The molecule has 0 bridgehead atoms. The molecule has 1 unspecified atom stereocenters. The molecule has 4 rings (SSSR count). The quantitative estimate of drug-likeness (QED) is 0.877. The van der Waals surface area contributed by atoms with Crippen molar-refractivity contribution >= 4 is 23.3 Å². The lowest BCUT2D eigenvalue weighted by Crippen LogP contribution is -2.50. The molecule has 0 spiro atoms. The van der Waals surface area contributed by atoms with E-state index in [9.17, 15) is 14.3 Å². The van der Waals surface area contributed by atoms with Crippen LogP contribution in [0, 0.1) is 5.82 Å². The summed E-state index contributed by atoms with van der Waals surface area (Å²) in [4.78, 5) is 20.6. The molecule has 0 radical (unpaired) electrons. The van der Waals surface area contributed by atoms with Crippen LogP contribution in [0.3, 0.4) is 0 Å². The second kappa shape index (κ2) is 7.39. The van der Waals surface area contributed by atoms with Gasteiger partial charge >= 0.3 is 5.97 Å². The molecule has 2 aliphatic heterocycles. The number of fused-ring (bicyclic) bond motifs is 1. The van der Waals surface area contributed by atoms with Crippen molar-refractivity contribution in [1.82, 2.24) is 4.90 Å². The number of aliphatic carboxylic acids is 1. The van der Waals surface area contributed by atoms with Crippen molar-refractivity contribution in [2.24, 2.45) is 4.99 Å². The third-order valence-electron chi connectivity index (χ3n) is 5.14. The fourth-order valence-electron chi connectivity index (χ4n) is 3.92. The zero-order chi connectivity index (χ0) is 18.8. The van der Waals surface area contributed by atoms with Gasteiger partial charge in [-0.15, -0.1) is 0 Å². The van der Waals surface area contributed by atoms with Crippen LogP contribution in [-0.2, 0) is 4.79 Å². The standard InChI is InChI=1S/C21H22FN3O2/c22-15-7-6-8-16(13-15)25-19(14-20(26)27)17-9-2-3-10-18(17)23-21(25)24-11-4-1-5-12-24/h2-3,6-10,13,19H,1,4-5,11-12,14H2,(H,26,27). The highest BCUT2D eigenvalue weighted by atomic mass is 19.1. The Balaban J connectivity index is 1.87. The number of anilines is 1. The van der Waals surface area contributed by atoms with E-state index < -0.39 is 12.0 Å². The van der Waals surface area contributed by atoms with Crippen LogP contribution < -0.4 is 4.90 Å². The Morgan fingerprint density at radius 3 is 2.63 bits per heavy atom. The molecule has 0 amide bonds. The summed E-state index contributed by atoms with van der Waals surface area (Å²) in [6, 6.07) is 13.5. The number of benzene rings is 2. The van der Waals surface area contributed by atoms with E-state index in [1.807, 2.05) is 35.2 Å². The van der Waals surface area contributed by atoms with Crippen LogP contribution in [0.5, 0.6) is 0 Å². The maximum Gasteiger partial charge on any atom is 0.305 e. The number of carboxylic acids is 1. The van der Waals surface area contributed by atoms with Crippen molar-refractivity contribution in [3.05, 3.63) is 59.9 Å². The number of para-hydroxylation sites is 1. The minimum absolute atomic E-state index is 0.0829. The number of aliphatic imine (C=N–C) groups is 1. The van der Waals surface area contributed by atoms with Gasteiger partial charge in [0.2, 0.25) is 5.96 Å².